The van der Waals surface area contributed by atoms with Crippen LogP contribution in [0.1, 0.15) is 27.0 Å². The van der Waals surface area contributed by atoms with Crippen molar-refractivity contribution in [3.05, 3.63) is 36.5 Å². The predicted octanol–water partition coefficient (Wildman–Crippen LogP) is 1.97. The molecule has 1 aromatic carbocycles. The Morgan fingerprint density at radius 3 is 2.22 bits per heavy atom. The summed E-state index contributed by atoms with van der Waals surface area (Å²) < 4.78 is 23.7. The Hall–Kier alpha value is -2.87. The molecule has 2 heterocycles. The van der Waals surface area contributed by atoms with Gasteiger partial charge in [-0.05, 0) is 17.5 Å². The quantitative estimate of drug-likeness (QED) is 0.596. The minimum Gasteiger partial charge on any atom is -0.456 e. The van der Waals surface area contributed by atoms with Crippen LogP contribution in [-0.4, -0.2) is 47.4 Å². The number of carbonyl (C=O) groups is 3. The van der Waals surface area contributed by atoms with Crippen LogP contribution in [0, 0.1) is 0 Å². The fourth-order valence-corrected chi connectivity index (χ4v) is 3.29. The molecule has 1 fully saturated rings. The highest BCUT2D eigenvalue weighted by molar-refractivity contribution is 5.80. The van der Waals surface area contributed by atoms with E-state index in [1.54, 1.807) is 0 Å². The summed E-state index contributed by atoms with van der Waals surface area (Å²) in [6.07, 6.45) is -1.79. The molecule has 8 nitrogen and oxygen atoms in total. The third kappa shape index (κ3) is 4.11. The van der Waals surface area contributed by atoms with Crippen LogP contribution >= 0.6 is 0 Å². The maximum absolute atomic E-state index is 11.7. The van der Waals surface area contributed by atoms with Crippen molar-refractivity contribution >= 4 is 28.8 Å². The minimum atomic E-state index is -0.991. The second-order valence-electron chi connectivity index (χ2n) is 6.30. The van der Waals surface area contributed by atoms with Crippen molar-refractivity contribution in [2.75, 3.05) is 6.61 Å². The highest BCUT2D eigenvalue weighted by Gasteiger charge is 2.47. The molecule has 0 N–H and O–H groups in total. The zero-order chi connectivity index (χ0) is 19.6. The number of carbonyl (C=O) groups excluding carboxylic acids is 3. The third-order valence-electron chi connectivity index (χ3n) is 4.23. The topological polar surface area (TPSA) is 93.1 Å². The van der Waals surface area contributed by atoms with Crippen molar-refractivity contribution in [3.8, 4) is 0 Å². The van der Waals surface area contributed by atoms with E-state index in [2.05, 4.69) is 0 Å². The van der Waals surface area contributed by atoms with E-state index in [1.807, 2.05) is 41.1 Å². The molecule has 2 aromatic rings. The van der Waals surface area contributed by atoms with Gasteiger partial charge in [0.25, 0.3) is 0 Å². The van der Waals surface area contributed by atoms with Crippen molar-refractivity contribution in [2.24, 2.45) is 0 Å². The number of nitrogens with zero attached hydrogens (tertiary/aromatic N) is 1. The van der Waals surface area contributed by atoms with Crippen molar-refractivity contribution in [3.63, 3.8) is 0 Å². The number of ether oxygens (including phenoxy) is 4. The van der Waals surface area contributed by atoms with Crippen LogP contribution in [-0.2, 0) is 33.3 Å². The Morgan fingerprint density at radius 1 is 0.926 bits per heavy atom. The number of rotatable bonds is 4. The summed E-state index contributed by atoms with van der Waals surface area (Å²) in [5.74, 6) is -1.69. The van der Waals surface area contributed by atoms with Crippen molar-refractivity contribution < 1.29 is 33.3 Å². The molecule has 0 unspecified atom stereocenters. The molecule has 0 spiro atoms. The Balaban J connectivity index is 2.01. The third-order valence-corrected chi connectivity index (χ3v) is 4.23. The standard InChI is InChI=1S/C19H21NO7/c1-11(21)25-16-10-24-19(18(27-13(3)23)17(16)26-12(2)22)20-9-8-14-6-4-5-7-15(14)20/h4-9,16-19H,10H2,1-3H3/t16-,17-,18-,19-/m1/s1. The predicted molar refractivity (Wildman–Crippen MR) is 93.6 cm³/mol. The first-order chi connectivity index (χ1) is 12.9. The molecule has 0 radical (unpaired) electrons. The van der Waals surface area contributed by atoms with Crippen LogP contribution in [0.25, 0.3) is 10.9 Å². The molecule has 1 saturated heterocycles. The van der Waals surface area contributed by atoms with E-state index >= 15 is 0 Å². The zero-order valence-electron chi connectivity index (χ0n) is 15.3. The number of para-hydroxylation sites is 1. The largest absolute Gasteiger partial charge is 0.456 e. The molecule has 144 valence electrons. The molecule has 1 aliphatic rings. The van der Waals surface area contributed by atoms with Crippen LogP contribution < -0.4 is 0 Å². The zero-order valence-corrected chi connectivity index (χ0v) is 15.3. The van der Waals surface area contributed by atoms with Crippen molar-refractivity contribution in [2.45, 2.75) is 45.3 Å². The van der Waals surface area contributed by atoms with Gasteiger partial charge in [0.15, 0.2) is 24.5 Å². The molecule has 3 rings (SSSR count). The molecular formula is C19H21NO7. The molecule has 1 aromatic heterocycles. The van der Waals surface area contributed by atoms with Crippen LogP contribution in [0.15, 0.2) is 36.5 Å². The van der Waals surface area contributed by atoms with Gasteiger partial charge in [-0.15, -0.1) is 0 Å². The van der Waals surface area contributed by atoms with Crippen LogP contribution in [0.3, 0.4) is 0 Å². The van der Waals surface area contributed by atoms with Gasteiger partial charge in [0, 0.05) is 27.0 Å². The second kappa shape index (κ2) is 7.79. The molecular weight excluding hydrogens is 354 g/mol. The first kappa shape index (κ1) is 18.9. The normalized spacial score (nSPS) is 25.0. The van der Waals surface area contributed by atoms with Crippen LogP contribution in [0.2, 0.25) is 0 Å². The lowest BCUT2D eigenvalue weighted by Crippen LogP contribution is -2.55. The van der Waals surface area contributed by atoms with Gasteiger partial charge >= 0.3 is 17.9 Å². The maximum Gasteiger partial charge on any atom is 0.303 e. The van der Waals surface area contributed by atoms with Gasteiger partial charge in [-0.25, -0.2) is 0 Å². The monoisotopic (exact) mass is 375 g/mol. The van der Waals surface area contributed by atoms with E-state index in [9.17, 15) is 14.4 Å². The van der Waals surface area contributed by atoms with Gasteiger partial charge in [0.1, 0.15) is 0 Å². The van der Waals surface area contributed by atoms with E-state index < -0.39 is 42.4 Å². The molecule has 0 amide bonds. The highest BCUT2D eigenvalue weighted by Crippen LogP contribution is 2.33. The van der Waals surface area contributed by atoms with Gasteiger partial charge in [0.05, 0.1) is 12.1 Å². The average molecular weight is 375 g/mol. The fourth-order valence-electron chi connectivity index (χ4n) is 3.29. The van der Waals surface area contributed by atoms with Gasteiger partial charge in [-0.3, -0.25) is 14.4 Å². The SMILES string of the molecule is CC(=O)O[C@@H]1[C@H](OC(C)=O)[C@H](OC(C)=O)CO[C@H]1n1ccc2ccccc21. The molecule has 0 bridgehead atoms. The summed E-state index contributed by atoms with van der Waals surface area (Å²) >= 11 is 0. The number of benzene rings is 1. The summed E-state index contributed by atoms with van der Waals surface area (Å²) in [4.78, 5) is 34.8. The number of hydrogen-bond acceptors (Lipinski definition) is 7. The number of fused-ring (bicyclic) bond motifs is 1. The average Bonchev–Trinajstić information content (AvgIpc) is 3.00. The first-order valence-corrected chi connectivity index (χ1v) is 8.55. The Bertz CT molecular complexity index is 859. The smallest absolute Gasteiger partial charge is 0.303 e. The molecule has 4 atom stereocenters. The van der Waals surface area contributed by atoms with Crippen LogP contribution in [0.4, 0.5) is 0 Å². The van der Waals surface area contributed by atoms with Crippen molar-refractivity contribution in [1.29, 1.82) is 0 Å². The van der Waals surface area contributed by atoms with Crippen molar-refractivity contribution in [1.82, 2.24) is 4.57 Å². The number of hydrogen-bond donors (Lipinski definition) is 0. The lowest BCUT2D eigenvalue weighted by Gasteiger charge is -2.41. The Labute approximate surface area is 155 Å². The minimum absolute atomic E-state index is 0.00748. The molecule has 1 aliphatic heterocycles. The van der Waals surface area contributed by atoms with Gasteiger partial charge in [-0.2, -0.15) is 0 Å². The van der Waals surface area contributed by atoms with E-state index in [4.69, 9.17) is 18.9 Å². The second-order valence-corrected chi connectivity index (χ2v) is 6.30. The summed E-state index contributed by atoms with van der Waals surface area (Å²) in [5, 5.41) is 0.980. The van der Waals surface area contributed by atoms with E-state index in [0.717, 1.165) is 10.9 Å². The summed E-state index contributed by atoms with van der Waals surface area (Å²) in [5.41, 5.74) is 0.868. The fraction of sp³-hybridized carbons (Fsp3) is 0.421. The lowest BCUT2D eigenvalue weighted by molar-refractivity contribution is -0.239. The van der Waals surface area contributed by atoms with Gasteiger partial charge in [0.2, 0.25) is 0 Å². The van der Waals surface area contributed by atoms with Crippen LogP contribution in [0.5, 0.6) is 0 Å². The van der Waals surface area contributed by atoms with E-state index in [-0.39, 0.29) is 6.61 Å². The molecule has 0 saturated carbocycles. The first-order valence-electron chi connectivity index (χ1n) is 8.55. The molecule has 8 heteroatoms. The van der Waals surface area contributed by atoms with E-state index in [0.29, 0.717) is 0 Å². The summed E-state index contributed by atoms with van der Waals surface area (Å²) in [7, 11) is 0. The van der Waals surface area contributed by atoms with E-state index in [1.165, 1.54) is 20.8 Å². The number of aromatic nitrogens is 1. The summed E-state index contributed by atoms with van der Waals surface area (Å²) in [6, 6.07) is 9.55. The molecule has 0 aliphatic carbocycles. The van der Waals surface area contributed by atoms with Gasteiger partial charge < -0.3 is 23.5 Å². The lowest BCUT2D eigenvalue weighted by atomic mass is 10.0. The Morgan fingerprint density at radius 2 is 1.56 bits per heavy atom. The maximum atomic E-state index is 11.7. The highest BCUT2D eigenvalue weighted by atomic mass is 16.6. The van der Waals surface area contributed by atoms with Gasteiger partial charge in [-0.1, -0.05) is 18.2 Å². The molecule has 27 heavy (non-hydrogen) atoms. The Kier molecular flexibility index (Phi) is 5.46. The summed E-state index contributed by atoms with van der Waals surface area (Å²) in [6.45, 7) is 3.74. The number of esters is 3.